The average Bonchev–Trinajstić information content (AvgIpc) is 3.94. The van der Waals surface area contributed by atoms with Crippen molar-refractivity contribution in [3.63, 3.8) is 0 Å². The van der Waals surface area contributed by atoms with E-state index in [4.69, 9.17) is 28.2 Å². The second-order valence-electron chi connectivity index (χ2n) is 13.0. The van der Waals surface area contributed by atoms with Crippen molar-refractivity contribution in [1.29, 1.82) is 0 Å². The van der Waals surface area contributed by atoms with E-state index in [1.54, 1.807) is 12.4 Å². The second kappa shape index (κ2) is 12.3. The summed E-state index contributed by atoms with van der Waals surface area (Å²) in [6.07, 6.45) is 3.53. The van der Waals surface area contributed by atoms with Crippen LogP contribution in [0.1, 0.15) is 16.8 Å². The maximum atomic E-state index is 6.08. The second-order valence-corrected chi connectivity index (χ2v) is 13.0. The third kappa shape index (κ3) is 5.71. The van der Waals surface area contributed by atoms with Crippen LogP contribution in [0.15, 0.2) is 123 Å². The minimum Gasteiger partial charge on any atom is -0.433 e. The molecule has 9 heterocycles. The van der Waals surface area contributed by atoms with E-state index in [9.17, 15) is 0 Å². The van der Waals surface area contributed by atoms with Crippen molar-refractivity contribution in [2.45, 2.75) is 20.8 Å². The number of hydrogen-bond donors (Lipinski definition) is 0. The highest BCUT2D eigenvalue weighted by Crippen LogP contribution is 2.34. The maximum Gasteiger partial charge on any atom is 0.247 e. The van der Waals surface area contributed by atoms with Gasteiger partial charge in [0, 0.05) is 34.8 Å². The molecule has 54 heavy (non-hydrogen) atoms. The Morgan fingerprint density at radius 2 is 0.778 bits per heavy atom. The summed E-state index contributed by atoms with van der Waals surface area (Å²) in [5.74, 6) is 1.16. The molecule has 0 radical (unpaired) electrons. The number of fused-ring (bicyclic) bond motifs is 3. The van der Waals surface area contributed by atoms with Crippen molar-refractivity contribution < 1.29 is 13.3 Å². The molecule has 0 aliphatic carbocycles. The van der Waals surface area contributed by atoms with Gasteiger partial charge in [-0.1, -0.05) is 18.2 Å². The summed E-state index contributed by atoms with van der Waals surface area (Å²) in [6.45, 7) is 5.84. The minimum atomic E-state index is 0.385. The Morgan fingerprint density at radius 1 is 0.370 bits per heavy atom. The lowest BCUT2D eigenvalue weighted by Crippen LogP contribution is -1.94. The number of aromatic nitrogens is 9. The van der Waals surface area contributed by atoms with Gasteiger partial charge in [0.15, 0.2) is 33.7 Å². The van der Waals surface area contributed by atoms with Gasteiger partial charge in [-0.25, -0.2) is 29.9 Å². The van der Waals surface area contributed by atoms with Crippen LogP contribution in [-0.4, -0.2) is 44.9 Å². The molecule has 0 fully saturated rings. The normalized spacial score (nSPS) is 11.6. The molecule has 0 saturated carbocycles. The van der Waals surface area contributed by atoms with Crippen LogP contribution < -0.4 is 0 Å². The van der Waals surface area contributed by atoms with Gasteiger partial charge in [-0.15, -0.1) is 0 Å². The maximum absolute atomic E-state index is 6.08. The first-order valence-electron chi connectivity index (χ1n) is 17.2. The van der Waals surface area contributed by atoms with E-state index in [-0.39, 0.29) is 0 Å². The summed E-state index contributed by atoms with van der Waals surface area (Å²) in [6, 6.07) is 31.0. The molecule has 12 heteroatoms. The monoisotopic (exact) mass is 705 g/mol. The number of nitrogens with zero attached hydrogens (tertiary/aromatic N) is 9. The molecule has 0 amide bonds. The fourth-order valence-corrected chi connectivity index (χ4v) is 6.29. The Labute approximate surface area is 306 Å². The summed E-state index contributed by atoms with van der Waals surface area (Å²) in [7, 11) is 0. The molecule has 0 aliphatic heterocycles. The number of rotatable bonds is 6. The molecular formula is C42H27N9O3. The molecule has 12 nitrogen and oxygen atoms in total. The van der Waals surface area contributed by atoms with Crippen molar-refractivity contribution in [1.82, 2.24) is 44.9 Å². The van der Waals surface area contributed by atoms with Crippen molar-refractivity contribution in [3.05, 3.63) is 126 Å². The molecule has 9 aromatic heterocycles. The van der Waals surface area contributed by atoms with Crippen molar-refractivity contribution >= 4 is 33.7 Å². The van der Waals surface area contributed by atoms with Gasteiger partial charge in [0.1, 0.15) is 17.1 Å². The SMILES string of the molecule is Cc1cnc2nc(-c3cccc(-c4cc(-c5cccc(-c6nc7ncc(C)cc7o6)n5)cc(-c5cccc(-c6nc7nc(C)ccc7o6)n5)c4)n3)oc2c1. The molecule has 0 saturated heterocycles. The van der Waals surface area contributed by atoms with Crippen molar-refractivity contribution in [2.24, 2.45) is 0 Å². The van der Waals surface area contributed by atoms with E-state index in [1.807, 2.05) is 118 Å². The van der Waals surface area contributed by atoms with Crippen LogP contribution in [0.4, 0.5) is 0 Å². The minimum absolute atomic E-state index is 0.385. The number of aryl methyl sites for hydroxylation is 3. The van der Waals surface area contributed by atoms with Gasteiger partial charge in [0.05, 0.1) is 17.1 Å². The van der Waals surface area contributed by atoms with Gasteiger partial charge < -0.3 is 13.3 Å². The van der Waals surface area contributed by atoms with Crippen LogP contribution >= 0.6 is 0 Å². The Kier molecular flexibility index (Phi) is 7.15. The molecule has 0 N–H and O–H groups in total. The lowest BCUT2D eigenvalue weighted by molar-refractivity contribution is 0.616. The molecule has 0 atom stereocenters. The Morgan fingerprint density at radius 3 is 1.24 bits per heavy atom. The Hall–Kier alpha value is -7.47. The summed E-state index contributed by atoms with van der Waals surface area (Å²) < 4.78 is 18.2. The molecule has 10 aromatic rings. The van der Waals surface area contributed by atoms with Crippen LogP contribution in [0, 0.1) is 20.8 Å². The van der Waals surface area contributed by atoms with Crippen molar-refractivity contribution in [3.8, 4) is 68.5 Å². The molecule has 0 aliphatic rings. The third-order valence-electron chi connectivity index (χ3n) is 8.88. The smallest absolute Gasteiger partial charge is 0.247 e. The van der Waals surface area contributed by atoms with Crippen LogP contribution in [0.2, 0.25) is 0 Å². The number of benzene rings is 1. The van der Waals surface area contributed by atoms with E-state index in [0.717, 1.165) is 33.5 Å². The van der Waals surface area contributed by atoms with Gasteiger partial charge in [-0.3, -0.25) is 0 Å². The molecule has 0 bridgehead atoms. The average molecular weight is 706 g/mol. The first-order valence-corrected chi connectivity index (χ1v) is 17.2. The predicted molar refractivity (Wildman–Crippen MR) is 203 cm³/mol. The lowest BCUT2D eigenvalue weighted by Gasteiger charge is -2.11. The lowest BCUT2D eigenvalue weighted by atomic mass is 9.98. The first-order chi connectivity index (χ1) is 26.4. The largest absolute Gasteiger partial charge is 0.433 e. The van der Waals surface area contributed by atoms with Gasteiger partial charge in [0.25, 0.3) is 0 Å². The molecule has 258 valence electrons. The van der Waals surface area contributed by atoms with E-state index in [0.29, 0.717) is 85.5 Å². The number of pyridine rings is 6. The molecule has 0 spiro atoms. The van der Waals surface area contributed by atoms with Crippen LogP contribution in [-0.2, 0) is 0 Å². The fraction of sp³-hybridized carbons (Fsp3) is 0.0714. The van der Waals surface area contributed by atoms with Gasteiger partial charge in [-0.05, 0) is 111 Å². The zero-order chi connectivity index (χ0) is 36.3. The van der Waals surface area contributed by atoms with E-state index >= 15 is 0 Å². The number of oxazole rings is 3. The Bertz CT molecular complexity index is 2730. The third-order valence-corrected chi connectivity index (χ3v) is 8.88. The molecule has 0 unspecified atom stereocenters. The topological polar surface area (TPSA) is 155 Å². The van der Waals surface area contributed by atoms with Crippen molar-refractivity contribution in [2.75, 3.05) is 0 Å². The van der Waals surface area contributed by atoms with Crippen LogP contribution in [0.3, 0.4) is 0 Å². The van der Waals surface area contributed by atoms with Gasteiger partial charge in [-0.2, -0.15) is 15.0 Å². The summed E-state index contributed by atoms with van der Waals surface area (Å²) in [4.78, 5) is 42.2. The molecule has 1 aromatic carbocycles. The van der Waals surface area contributed by atoms with Crippen LogP contribution in [0.25, 0.3) is 102 Å². The van der Waals surface area contributed by atoms with E-state index in [2.05, 4.69) is 29.9 Å². The fourth-order valence-electron chi connectivity index (χ4n) is 6.29. The highest BCUT2D eigenvalue weighted by molar-refractivity contribution is 5.81. The summed E-state index contributed by atoms with van der Waals surface area (Å²) in [5.41, 5.74) is 12.6. The standard InChI is InChI=1S/C42H27N9O3/c1-22-15-35-37(43-20-22)49-40(53-35)31-10-4-7-28(46-31)25-17-26(29-8-5-11-32(47-29)41-50-38-36(54-41)16-23(2)21-44-38)19-27(18-25)30-9-6-12-33(48-30)42-51-39-34(52-42)14-13-24(3)45-39/h4-21H,1-3H3. The van der Waals surface area contributed by atoms with E-state index < -0.39 is 0 Å². The highest BCUT2D eigenvalue weighted by Gasteiger charge is 2.18. The number of hydrogen-bond acceptors (Lipinski definition) is 12. The quantitative estimate of drug-likeness (QED) is 0.162. The van der Waals surface area contributed by atoms with Gasteiger partial charge >= 0.3 is 0 Å². The summed E-state index contributed by atoms with van der Waals surface area (Å²) in [5, 5.41) is 0. The molecule has 10 rings (SSSR count). The summed E-state index contributed by atoms with van der Waals surface area (Å²) >= 11 is 0. The first kappa shape index (κ1) is 31.3. The van der Waals surface area contributed by atoms with E-state index in [1.165, 1.54) is 0 Å². The predicted octanol–water partition coefficient (Wildman–Crippen LogP) is 9.41. The van der Waals surface area contributed by atoms with Gasteiger partial charge in [0.2, 0.25) is 17.7 Å². The van der Waals surface area contributed by atoms with Crippen LogP contribution in [0.5, 0.6) is 0 Å². The Balaban J connectivity index is 1.10. The molecular weight excluding hydrogens is 679 g/mol. The zero-order valence-corrected chi connectivity index (χ0v) is 29.1. The zero-order valence-electron chi connectivity index (χ0n) is 29.1. The highest BCUT2D eigenvalue weighted by atomic mass is 16.4.